The third kappa shape index (κ3) is 4.56. The van der Waals surface area contributed by atoms with Crippen LogP contribution in [0, 0.1) is 0 Å². The zero-order chi connectivity index (χ0) is 15.0. The van der Waals surface area contributed by atoms with Crippen LogP contribution in [-0.2, 0) is 16.2 Å². The quantitative estimate of drug-likeness (QED) is 0.807. The molecule has 2 rings (SSSR count). The lowest BCUT2D eigenvalue weighted by Crippen LogP contribution is -2.36. The van der Waals surface area contributed by atoms with Crippen molar-refractivity contribution in [2.75, 3.05) is 13.1 Å². The average molecular weight is 410 g/mol. The van der Waals surface area contributed by atoms with Crippen LogP contribution in [0.15, 0.2) is 27.6 Å². The summed E-state index contributed by atoms with van der Waals surface area (Å²) in [5.41, 5.74) is -1.01. The van der Waals surface area contributed by atoms with E-state index in [4.69, 9.17) is 0 Å². The van der Waals surface area contributed by atoms with Crippen LogP contribution in [0.5, 0.6) is 0 Å². The Morgan fingerprint density at radius 2 is 2.00 bits per heavy atom. The molecule has 21 heavy (non-hydrogen) atoms. The largest absolute Gasteiger partial charge is 0.417 e. The van der Waals surface area contributed by atoms with Gasteiger partial charge in [-0.1, -0.05) is 15.9 Å². The maximum Gasteiger partial charge on any atom is 0.417 e. The smallest absolute Gasteiger partial charge is 0.315 e. The number of hydrogen-bond acceptors (Lipinski definition) is 3. The van der Waals surface area contributed by atoms with Gasteiger partial charge in [0, 0.05) is 17.1 Å². The number of hydrogen-bond donors (Lipinski definition) is 2. The van der Waals surface area contributed by atoms with E-state index >= 15 is 0 Å². The molecular weight excluding hydrogens is 397 g/mol. The SMILES string of the molecule is Cl.O=S(=O)(NC1CCNC1)c1ccc(Br)c(C(F)(F)F)c1. The van der Waals surface area contributed by atoms with Crippen LogP contribution in [-0.4, -0.2) is 27.5 Å². The van der Waals surface area contributed by atoms with Crippen molar-refractivity contribution < 1.29 is 21.6 Å². The summed E-state index contributed by atoms with van der Waals surface area (Å²) in [5, 5.41) is 2.98. The second kappa shape index (κ2) is 6.82. The third-order valence-corrected chi connectivity index (χ3v) is 5.15. The fourth-order valence-electron chi connectivity index (χ4n) is 1.93. The number of alkyl halides is 3. The summed E-state index contributed by atoms with van der Waals surface area (Å²) in [4.78, 5) is -0.389. The van der Waals surface area contributed by atoms with E-state index in [0.717, 1.165) is 12.1 Å². The lowest BCUT2D eigenvalue weighted by atomic mass is 10.2. The molecule has 1 heterocycles. The molecule has 0 aromatic heterocycles. The first-order valence-electron chi connectivity index (χ1n) is 5.80. The van der Waals surface area contributed by atoms with Crippen LogP contribution >= 0.6 is 28.3 Å². The predicted molar refractivity (Wildman–Crippen MR) is 78.0 cm³/mol. The van der Waals surface area contributed by atoms with Crippen LogP contribution < -0.4 is 10.0 Å². The first-order valence-corrected chi connectivity index (χ1v) is 8.07. The molecule has 2 N–H and O–H groups in total. The van der Waals surface area contributed by atoms with Gasteiger partial charge in [-0.2, -0.15) is 13.2 Å². The van der Waals surface area contributed by atoms with Crippen LogP contribution in [0.2, 0.25) is 0 Å². The van der Waals surface area contributed by atoms with Gasteiger partial charge in [0.05, 0.1) is 10.5 Å². The predicted octanol–water partition coefficient (Wildman–Crippen LogP) is 2.53. The van der Waals surface area contributed by atoms with E-state index in [0.29, 0.717) is 25.6 Å². The zero-order valence-corrected chi connectivity index (χ0v) is 13.8. The van der Waals surface area contributed by atoms with Gasteiger partial charge in [0.25, 0.3) is 0 Å². The Balaban J connectivity index is 0.00000220. The summed E-state index contributed by atoms with van der Waals surface area (Å²) in [6, 6.07) is 2.57. The fourth-order valence-corrected chi connectivity index (χ4v) is 3.70. The summed E-state index contributed by atoms with van der Waals surface area (Å²) < 4.78 is 64.6. The number of benzene rings is 1. The van der Waals surface area contributed by atoms with Crippen LogP contribution in [0.3, 0.4) is 0 Å². The van der Waals surface area contributed by atoms with Gasteiger partial charge >= 0.3 is 6.18 Å². The molecule has 1 aromatic rings. The normalized spacial score (nSPS) is 19.3. The molecule has 10 heteroatoms. The van der Waals surface area contributed by atoms with Gasteiger partial charge in [0.15, 0.2) is 0 Å². The van der Waals surface area contributed by atoms with Gasteiger partial charge in [-0.3, -0.25) is 0 Å². The molecule has 120 valence electrons. The lowest BCUT2D eigenvalue weighted by Gasteiger charge is -2.14. The van der Waals surface area contributed by atoms with Gasteiger partial charge in [-0.05, 0) is 31.2 Å². The first-order chi connectivity index (χ1) is 9.20. The summed E-state index contributed by atoms with van der Waals surface area (Å²) in [6.45, 7) is 1.16. The van der Waals surface area contributed by atoms with Gasteiger partial charge < -0.3 is 5.32 Å². The van der Waals surface area contributed by atoms with E-state index in [2.05, 4.69) is 26.0 Å². The van der Waals surface area contributed by atoms with Crippen LogP contribution in [0.1, 0.15) is 12.0 Å². The molecule has 1 fully saturated rings. The van der Waals surface area contributed by atoms with E-state index in [1.807, 2.05) is 0 Å². The van der Waals surface area contributed by atoms with Crippen molar-refractivity contribution in [3.05, 3.63) is 28.2 Å². The molecule has 0 bridgehead atoms. The highest BCUT2D eigenvalue weighted by atomic mass is 79.9. The molecule has 0 saturated carbocycles. The highest BCUT2D eigenvalue weighted by Crippen LogP contribution is 2.36. The Hall–Kier alpha value is -0.350. The number of nitrogens with one attached hydrogen (secondary N) is 2. The van der Waals surface area contributed by atoms with E-state index in [1.165, 1.54) is 0 Å². The van der Waals surface area contributed by atoms with Gasteiger partial charge in [0.2, 0.25) is 10.0 Å². The monoisotopic (exact) mass is 408 g/mol. The fraction of sp³-hybridized carbons (Fsp3) is 0.455. The maximum absolute atomic E-state index is 12.8. The van der Waals surface area contributed by atoms with E-state index in [-0.39, 0.29) is 27.8 Å². The van der Waals surface area contributed by atoms with Crippen LogP contribution in [0.4, 0.5) is 13.2 Å². The summed E-state index contributed by atoms with van der Waals surface area (Å²) in [6.07, 6.45) is -4.00. The molecule has 4 nitrogen and oxygen atoms in total. The Bertz CT molecular complexity index is 604. The minimum Gasteiger partial charge on any atom is -0.315 e. The molecule has 1 aliphatic heterocycles. The number of rotatable bonds is 3. The summed E-state index contributed by atoms with van der Waals surface area (Å²) in [7, 11) is -3.95. The van der Waals surface area contributed by atoms with Crippen LogP contribution in [0.25, 0.3) is 0 Å². The zero-order valence-electron chi connectivity index (χ0n) is 10.6. The van der Waals surface area contributed by atoms with Crippen molar-refractivity contribution in [3.63, 3.8) is 0 Å². The molecule has 1 unspecified atom stereocenters. The number of halogens is 5. The van der Waals surface area contributed by atoms with Gasteiger partial charge in [-0.25, -0.2) is 13.1 Å². The van der Waals surface area contributed by atoms with Crippen molar-refractivity contribution in [1.82, 2.24) is 10.0 Å². The Morgan fingerprint density at radius 3 is 2.52 bits per heavy atom. The molecule has 0 amide bonds. The van der Waals surface area contributed by atoms with Crippen molar-refractivity contribution in [3.8, 4) is 0 Å². The van der Waals surface area contributed by atoms with E-state index < -0.39 is 21.8 Å². The lowest BCUT2D eigenvalue weighted by molar-refractivity contribution is -0.138. The van der Waals surface area contributed by atoms with Crippen molar-refractivity contribution in [2.24, 2.45) is 0 Å². The minimum atomic E-state index is -4.61. The van der Waals surface area contributed by atoms with Gasteiger partial charge in [-0.15, -0.1) is 12.4 Å². The second-order valence-electron chi connectivity index (χ2n) is 4.45. The van der Waals surface area contributed by atoms with Crippen molar-refractivity contribution in [1.29, 1.82) is 0 Å². The Labute approximate surface area is 135 Å². The van der Waals surface area contributed by atoms with Crippen molar-refractivity contribution in [2.45, 2.75) is 23.5 Å². The summed E-state index contributed by atoms with van der Waals surface area (Å²) >= 11 is 2.78. The van der Waals surface area contributed by atoms with Crippen molar-refractivity contribution >= 4 is 38.4 Å². The molecule has 0 aliphatic carbocycles. The molecule has 1 aliphatic rings. The first kappa shape index (κ1) is 18.7. The molecule has 1 aromatic carbocycles. The van der Waals surface area contributed by atoms with E-state index in [9.17, 15) is 21.6 Å². The van der Waals surface area contributed by atoms with Gasteiger partial charge in [0.1, 0.15) is 0 Å². The second-order valence-corrected chi connectivity index (χ2v) is 7.02. The molecule has 1 atom stereocenters. The minimum absolute atomic E-state index is 0. The molecule has 1 saturated heterocycles. The molecule has 0 spiro atoms. The average Bonchev–Trinajstić information content (AvgIpc) is 2.79. The Morgan fingerprint density at radius 1 is 1.33 bits per heavy atom. The van der Waals surface area contributed by atoms with E-state index in [1.54, 1.807) is 0 Å². The molecule has 0 radical (unpaired) electrons. The number of sulfonamides is 1. The standard InChI is InChI=1S/C11H12BrF3N2O2S.ClH/c12-10-2-1-8(5-9(10)11(13,14)15)20(18,19)17-7-3-4-16-6-7;/h1-2,5,7,16-17H,3-4,6H2;1H. The third-order valence-electron chi connectivity index (χ3n) is 2.94. The highest BCUT2D eigenvalue weighted by molar-refractivity contribution is 9.10. The summed E-state index contributed by atoms with van der Waals surface area (Å²) in [5.74, 6) is 0. The topological polar surface area (TPSA) is 58.2 Å². The highest BCUT2D eigenvalue weighted by Gasteiger charge is 2.34. The molecular formula is C11H13BrClF3N2O2S. The Kier molecular flexibility index (Phi) is 6.08. The maximum atomic E-state index is 12.8.